The monoisotopic (exact) mass is 760 g/mol. The van der Waals surface area contributed by atoms with Gasteiger partial charge in [-0.05, 0) is 70.9 Å². The molecule has 57 heavy (non-hydrogen) atoms. The van der Waals surface area contributed by atoms with Gasteiger partial charge in [0.25, 0.3) is 0 Å². The summed E-state index contributed by atoms with van der Waals surface area (Å²) in [4.78, 5) is 0. The summed E-state index contributed by atoms with van der Waals surface area (Å²) in [7, 11) is 0. The minimum atomic E-state index is -1.87. The van der Waals surface area contributed by atoms with Crippen LogP contribution in [-0.4, -0.2) is 22.4 Å². The maximum absolute atomic E-state index is 14.3. The summed E-state index contributed by atoms with van der Waals surface area (Å²) in [5.74, 6) is 0.585. The molecule has 0 radical (unpaired) electrons. The van der Waals surface area contributed by atoms with Crippen LogP contribution in [0.1, 0.15) is 39.7 Å². The predicted molar refractivity (Wildman–Crippen MR) is 233 cm³/mol. The largest absolute Gasteiger partial charge is 0.377 e. The maximum Gasteiger partial charge on any atom is 0.185 e. The molecule has 1 saturated heterocycles. The van der Waals surface area contributed by atoms with Crippen LogP contribution < -0.4 is 0 Å². The van der Waals surface area contributed by atoms with Gasteiger partial charge in [0.05, 0.1) is 0 Å². The lowest BCUT2D eigenvalue weighted by atomic mass is 9.69. The Morgan fingerprint density at radius 2 is 0.684 bits per heavy atom. The van der Waals surface area contributed by atoms with Crippen molar-refractivity contribution < 1.29 is 19.7 Å². The number of aliphatic hydroxyl groups is 2. The Hall–Kier alpha value is -5.79. The van der Waals surface area contributed by atoms with Crippen LogP contribution in [0.2, 0.25) is 0 Å². The first kappa shape index (κ1) is 35.6. The van der Waals surface area contributed by atoms with Gasteiger partial charge in [-0.25, -0.2) is 0 Å². The van der Waals surface area contributed by atoms with Crippen LogP contribution in [0.3, 0.4) is 0 Å². The highest BCUT2D eigenvalue weighted by molar-refractivity contribution is 7.79. The van der Waals surface area contributed by atoms with Crippen LogP contribution in [0, 0.1) is 0 Å². The summed E-state index contributed by atoms with van der Waals surface area (Å²) < 4.78 is 14.5. The fourth-order valence-electron chi connectivity index (χ4n) is 9.15. The zero-order chi connectivity index (χ0) is 38.6. The van der Waals surface area contributed by atoms with E-state index in [0.29, 0.717) is 28.0 Å². The molecule has 4 nitrogen and oxygen atoms in total. The number of hydrogen-bond donors (Lipinski definition) is 3. The van der Waals surface area contributed by atoms with Gasteiger partial charge in [0.15, 0.2) is 6.29 Å². The van der Waals surface area contributed by atoms with Gasteiger partial charge in [-0.1, -0.05) is 194 Å². The summed E-state index contributed by atoms with van der Waals surface area (Å²) in [6, 6.07) is 64.5. The minimum Gasteiger partial charge on any atom is -0.377 e. The number of benzene rings is 9. The number of hydrogen-bond acceptors (Lipinski definition) is 5. The molecule has 9 aromatic carbocycles. The second-order valence-electron chi connectivity index (χ2n) is 15.0. The first-order chi connectivity index (χ1) is 28.0. The smallest absolute Gasteiger partial charge is 0.185 e. The van der Waals surface area contributed by atoms with Crippen molar-refractivity contribution in [2.24, 2.45) is 0 Å². The van der Waals surface area contributed by atoms with Crippen LogP contribution in [0.4, 0.5) is 0 Å². The fraction of sp³-hybridized carbons (Fsp3) is 0.115. The van der Waals surface area contributed by atoms with Gasteiger partial charge in [0.1, 0.15) is 23.4 Å². The van der Waals surface area contributed by atoms with E-state index in [1.807, 2.05) is 146 Å². The molecule has 1 heterocycles. The lowest BCUT2D eigenvalue weighted by Crippen LogP contribution is -2.55. The van der Waals surface area contributed by atoms with Crippen LogP contribution in [0.15, 0.2) is 194 Å². The molecule has 1 aliphatic rings. The molecular weight excluding hydrogens is 721 g/mol. The third kappa shape index (κ3) is 5.77. The fourth-order valence-corrected chi connectivity index (χ4v) is 9.36. The molecule has 1 fully saturated rings. The van der Waals surface area contributed by atoms with Crippen molar-refractivity contribution in [3.63, 3.8) is 0 Å². The molecule has 0 spiro atoms. The van der Waals surface area contributed by atoms with Gasteiger partial charge < -0.3 is 19.7 Å². The third-order valence-electron chi connectivity index (χ3n) is 11.9. The molecule has 0 saturated carbocycles. The molecule has 5 heteroatoms. The van der Waals surface area contributed by atoms with E-state index in [0.717, 1.165) is 54.2 Å². The average Bonchev–Trinajstić information content (AvgIpc) is 3.75. The van der Waals surface area contributed by atoms with Gasteiger partial charge in [0.2, 0.25) is 0 Å². The second kappa shape index (κ2) is 14.3. The van der Waals surface area contributed by atoms with Gasteiger partial charge >= 0.3 is 0 Å². The Kier molecular flexibility index (Phi) is 8.93. The molecule has 2 N–H and O–H groups in total. The number of fused-ring (bicyclic) bond motifs is 4. The van der Waals surface area contributed by atoms with Gasteiger partial charge in [-0.2, -0.15) is 12.6 Å². The van der Waals surface area contributed by atoms with Crippen molar-refractivity contribution in [3.8, 4) is 0 Å². The summed E-state index contributed by atoms with van der Waals surface area (Å²) in [6.45, 7) is 0. The SMILES string of the molecule is OC(c1cccc2ccccc12)(c1cccc2ccccc12)[C@@H]1OC(c2ccc(CS)cc2)O[C@H]1C(O)(c1cccc2ccccc12)c1cccc2ccccc12. The number of rotatable bonds is 8. The maximum atomic E-state index is 14.3. The Balaban J connectivity index is 1.32. The topological polar surface area (TPSA) is 58.9 Å². The van der Waals surface area contributed by atoms with E-state index in [-0.39, 0.29) is 0 Å². The van der Waals surface area contributed by atoms with E-state index in [1.165, 1.54) is 0 Å². The van der Waals surface area contributed by atoms with Crippen molar-refractivity contribution in [1.29, 1.82) is 0 Å². The third-order valence-corrected chi connectivity index (χ3v) is 12.2. The minimum absolute atomic E-state index is 0.585. The average molecular weight is 761 g/mol. The van der Waals surface area contributed by atoms with Gasteiger partial charge in [0, 0.05) is 11.3 Å². The molecule has 10 rings (SSSR count). The summed E-state index contributed by atoms with van der Waals surface area (Å²) in [5, 5.41) is 36.0. The zero-order valence-corrected chi connectivity index (χ0v) is 32.0. The normalized spacial score (nSPS) is 16.5. The van der Waals surface area contributed by atoms with E-state index in [4.69, 9.17) is 9.47 Å². The first-order valence-electron chi connectivity index (χ1n) is 19.4. The molecule has 0 amide bonds. The Morgan fingerprint density at radius 3 is 1.00 bits per heavy atom. The van der Waals surface area contributed by atoms with E-state index < -0.39 is 29.7 Å². The summed E-state index contributed by atoms with van der Waals surface area (Å²) >= 11 is 4.51. The molecule has 0 unspecified atom stereocenters. The second-order valence-corrected chi connectivity index (χ2v) is 15.3. The van der Waals surface area contributed by atoms with E-state index >= 15 is 0 Å². The molecule has 0 bridgehead atoms. The van der Waals surface area contributed by atoms with Crippen molar-refractivity contribution in [2.75, 3.05) is 0 Å². The summed E-state index contributed by atoms with van der Waals surface area (Å²) in [5.41, 5.74) is 0.702. The standard InChI is InChI=1S/C52H40O4S/c53-51(44-25-9-17-35-13-1-5-21-40(35)44,45-26-10-18-36-14-2-6-22-41(36)45)48-49(56-50(55-48)39-31-29-34(33-57)30-32-39)52(54,46-27-11-19-37-15-3-7-23-42(37)46)47-28-12-20-38-16-4-8-24-43(38)47/h1-32,48-50,53-54,57H,33H2/t48-,49-/m1/s1. The Labute approximate surface area is 337 Å². The predicted octanol–water partition coefficient (Wildman–Crippen LogP) is 11.4. The van der Waals surface area contributed by atoms with E-state index in [2.05, 4.69) is 61.2 Å². The molecule has 1 aliphatic heterocycles. The lowest BCUT2D eigenvalue weighted by molar-refractivity contribution is -0.108. The van der Waals surface area contributed by atoms with Gasteiger partial charge in [-0.3, -0.25) is 0 Å². The van der Waals surface area contributed by atoms with Crippen LogP contribution >= 0.6 is 12.6 Å². The highest BCUT2D eigenvalue weighted by Gasteiger charge is 2.60. The number of ether oxygens (including phenoxy) is 2. The van der Waals surface area contributed by atoms with Gasteiger partial charge in [-0.15, -0.1) is 0 Å². The van der Waals surface area contributed by atoms with Crippen LogP contribution in [0.5, 0.6) is 0 Å². The highest BCUT2D eigenvalue weighted by Crippen LogP contribution is 2.54. The highest BCUT2D eigenvalue weighted by atomic mass is 32.1. The molecular formula is C52H40O4S. The van der Waals surface area contributed by atoms with Crippen LogP contribution in [0.25, 0.3) is 43.1 Å². The van der Waals surface area contributed by atoms with E-state index in [9.17, 15) is 10.2 Å². The van der Waals surface area contributed by atoms with Crippen LogP contribution in [-0.2, 0) is 26.4 Å². The summed E-state index contributed by atoms with van der Waals surface area (Å²) in [6.07, 6.45) is -3.26. The van der Waals surface area contributed by atoms with Crippen molar-refractivity contribution in [2.45, 2.75) is 35.5 Å². The number of thiol groups is 1. The van der Waals surface area contributed by atoms with Crippen molar-refractivity contribution >= 4 is 55.7 Å². The lowest BCUT2D eigenvalue weighted by Gasteiger charge is -2.43. The molecule has 0 aliphatic carbocycles. The molecule has 0 aromatic heterocycles. The van der Waals surface area contributed by atoms with Crippen molar-refractivity contribution in [3.05, 3.63) is 228 Å². The molecule has 278 valence electrons. The quantitative estimate of drug-likeness (QED) is 0.135. The Bertz CT molecular complexity index is 2570. The van der Waals surface area contributed by atoms with E-state index in [1.54, 1.807) is 0 Å². The Morgan fingerprint density at radius 1 is 0.386 bits per heavy atom. The molecule has 9 aromatic rings. The van der Waals surface area contributed by atoms with Crippen molar-refractivity contribution in [1.82, 2.24) is 0 Å². The molecule has 2 atom stereocenters. The zero-order valence-electron chi connectivity index (χ0n) is 31.1. The first-order valence-corrected chi connectivity index (χ1v) is 20.0.